The zero-order chi connectivity index (χ0) is 4.41. The van der Waals surface area contributed by atoms with Crippen LogP contribution >= 0.6 is 0 Å². The van der Waals surface area contributed by atoms with Crippen LogP contribution < -0.4 is 0 Å². The average Bonchev–Trinajstić information content (AvgIpc) is 1.31. The third kappa shape index (κ3) is 0.533. The highest BCUT2D eigenvalue weighted by atomic mass is 16.5. The van der Waals surface area contributed by atoms with Gasteiger partial charge in [0.1, 0.15) is 13.5 Å². The van der Waals surface area contributed by atoms with Crippen LogP contribution in [-0.4, -0.2) is 24.9 Å². The molecule has 6 heavy (non-hydrogen) atoms. The molecule has 0 atom stereocenters. The van der Waals surface area contributed by atoms with Gasteiger partial charge >= 0.3 is 0 Å². The van der Waals surface area contributed by atoms with Crippen molar-refractivity contribution in [2.24, 2.45) is 0 Å². The predicted octanol–water partition coefficient (Wildman–Crippen LogP) is 0.253. The Morgan fingerprint density at radius 2 is 2.33 bits per heavy atom. The fourth-order valence-electron chi connectivity index (χ4n) is 0.403. The second-order valence-electron chi connectivity index (χ2n) is 1.45. The Bertz CT molecular complexity index is 40.1. The van der Waals surface area contributed by atoms with E-state index in [1.807, 2.05) is 0 Å². The summed E-state index contributed by atoms with van der Waals surface area (Å²) >= 11 is 0. The maximum absolute atomic E-state index is 4.85. The van der Waals surface area contributed by atoms with Crippen LogP contribution in [0.25, 0.3) is 0 Å². The van der Waals surface area contributed by atoms with E-state index in [0.717, 1.165) is 20.0 Å². The summed E-state index contributed by atoms with van der Waals surface area (Å²) < 4.78 is 4.85. The van der Waals surface area contributed by atoms with Crippen LogP contribution in [0, 0.1) is 0 Å². The number of hydrogen-bond donors (Lipinski definition) is 0. The molecule has 0 spiro atoms. The van der Waals surface area contributed by atoms with Gasteiger partial charge in [-0.1, -0.05) is 6.92 Å². The molecular weight excluding hydrogens is 78.0 g/mol. The highest BCUT2D eigenvalue weighted by Gasteiger charge is 2.09. The number of ether oxygens (including phenoxy) is 1. The van der Waals surface area contributed by atoms with Gasteiger partial charge in [-0.05, 0) is 6.54 Å². The lowest BCUT2D eigenvalue weighted by molar-refractivity contribution is -0.140. The Hall–Kier alpha value is -0.0800. The lowest BCUT2D eigenvalue weighted by Crippen LogP contribution is -2.39. The quantitative estimate of drug-likeness (QED) is 0.454. The minimum atomic E-state index is 0.844. The summed E-state index contributed by atoms with van der Waals surface area (Å²) in [6.45, 7) is 4.94. The van der Waals surface area contributed by atoms with Crippen molar-refractivity contribution in [2.45, 2.75) is 6.92 Å². The first-order valence-corrected chi connectivity index (χ1v) is 2.23. The molecule has 0 aromatic heterocycles. The Morgan fingerprint density at radius 1 is 1.67 bits per heavy atom. The van der Waals surface area contributed by atoms with Crippen molar-refractivity contribution >= 4 is 0 Å². The second kappa shape index (κ2) is 1.58. The normalized spacial score (nSPS) is 23.5. The van der Waals surface area contributed by atoms with Gasteiger partial charge in [0.2, 0.25) is 0 Å². The van der Waals surface area contributed by atoms with Crippen molar-refractivity contribution in [2.75, 3.05) is 20.0 Å². The minimum Gasteiger partial charge on any atom is -0.351 e. The van der Waals surface area contributed by atoms with Gasteiger partial charge in [-0.2, -0.15) is 0 Å². The molecule has 0 aliphatic carbocycles. The summed E-state index contributed by atoms with van der Waals surface area (Å²) in [5.41, 5.74) is 0. The van der Waals surface area contributed by atoms with Gasteiger partial charge in [0.05, 0.1) is 0 Å². The molecule has 0 N–H and O–H groups in total. The largest absolute Gasteiger partial charge is 0.351 e. The maximum atomic E-state index is 4.85. The minimum absolute atomic E-state index is 0.844. The van der Waals surface area contributed by atoms with Crippen molar-refractivity contribution in [3.05, 3.63) is 0 Å². The molecule has 36 valence electrons. The predicted molar refractivity (Wildman–Crippen MR) is 23.2 cm³/mol. The molecule has 2 nitrogen and oxygen atoms in total. The summed E-state index contributed by atoms with van der Waals surface area (Å²) in [6.07, 6.45) is 0. The molecule has 0 saturated carbocycles. The van der Waals surface area contributed by atoms with E-state index in [0.29, 0.717) is 0 Å². The molecule has 2 heteroatoms. The number of rotatable bonds is 1. The summed E-state index contributed by atoms with van der Waals surface area (Å²) in [4.78, 5) is 2.21. The standard InChI is InChI=1S/C4H9NO/c1-2-5-3-6-4-5/h2-4H2,1H3. The van der Waals surface area contributed by atoms with Gasteiger partial charge in [0.15, 0.2) is 0 Å². The van der Waals surface area contributed by atoms with Crippen LogP contribution in [0.1, 0.15) is 6.92 Å². The van der Waals surface area contributed by atoms with Crippen molar-refractivity contribution in [3.63, 3.8) is 0 Å². The van der Waals surface area contributed by atoms with E-state index in [1.54, 1.807) is 0 Å². The van der Waals surface area contributed by atoms with Gasteiger partial charge in [-0.15, -0.1) is 0 Å². The fraction of sp³-hybridized carbons (Fsp3) is 1.00. The molecule has 0 bridgehead atoms. The Kier molecular flexibility index (Phi) is 1.08. The Morgan fingerprint density at radius 3 is 2.33 bits per heavy atom. The van der Waals surface area contributed by atoms with Crippen molar-refractivity contribution < 1.29 is 4.74 Å². The molecule has 1 saturated heterocycles. The maximum Gasteiger partial charge on any atom is 0.103 e. The molecule has 1 aliphatic rings. The Balaban J connectivity index is 2.01. The zero-order valence-electron chi connectivity index (χ0n) is 3.98. The van der Waals surface area contributed by atoms with Crippen LogP contribution in [0.2, 0.25) is 0 Å². The van der Waals surface area contributed by atoms with E-state index >= 15 is 0 Å². The first-order valence-electron chi connectivity index (χ1n) is 2.23. The van der Waals surface area contributed by atoms with E-state index in [-0.39, 0.29) is 0 Å². The van der Waals surface area contributed by atoms with Gasteiger partial charge in [0, 0.05) is 0 Å². The van der Waals surface area contributed by atoms with Crippen molar-refractivity contribution in [1.82, 2.24) is 4.90 Å². The third-order valence-electron chi connectivity index (χ3n) is 0.995. The van der Waals surface area contributed by atoms with E-state index in [1.165, 1.54) is 0 Å². The summed E-state index contributed by atoms with van der Waals surface area (Å²) in [5.74, 6) is 0. The highest BCUT2D eigenvalue weighted by Crippen LogP contribution is 1.97. The topological polar surface area (TPSA) is 12.5 Å². The van der Waals surface area contributed by atoms with Gasteiger partial charge < -0.3 is 4.74 Å². The molecule has 1 rings (SSSR count). The first kappa shape index (κ1) is 4.09. The number of nitrogens with zero attached hydrogens (tertiary/aromatic N) is 1. The fourth-order valence-corrected chi connectivity index (χ4v) is 0.403. The van der Waals surface area contributed by atoms with E-state index in [9.17, 15) is 0 Å². The van der Waals surface area contributed by atoms with E-state index < -0.39 is 0 Å². The van der Waals surface area contributed by atoms with Crippen LogP contribution in [-0.2, 0) is 4.74 Å². The lowest BCUT2D eigenvalue weighted by Gasteiger charge is -2.28. The zero-order valence-corrected chi connectivity index (χ0v) is 3.98. The van der Waals surface area contributed by atoms with E-state index in [2.05, 4.69) is 11.8 Å². The second-order valence-corrected chi connectivity index (χ2v) is 1.45. The van der Waals surface area contributed by atoms with Gasteiger partial charge in [-0.25, -0.2) is 0 Å². The molecule has 0 amide bonds. The number of hydrogen-bond acceptors (Lipinski definition) is 2. The molecular formula is C4H9NO. The van der Waals surface area contributed by atoms with Crippen molar-refractivity contribution in [1.29, 1.82) is 0 Å². The van der Waals surface area contributed by atoms with Crippen molar-refractivity contribution in [3.8, 4) is 0 Å². The molecule has 0 unspecified atom stereocenters. The smallest absolute Gasteiger partial charge is 0.103 e. The van der Waals surface area contributed by atoms with Gasteiger partial charge in [0.25, 0.3) is 0 Å². The molecule has 1 heterocycles. The molecule has 0 radical (unpaired) electrons. The average molecular weight is 87.1 g/mol. The summed E-state index contributed by atoms with van der Waals surface area (Å²) in [6, 6.07) is 0. The van der Waals surface area contributed by atoms with Crippen LogP contribution in [0.4, 0.5) is 0 Å². The van der Waals surface area contributed by atoms with Crippen LogP contribution in [0.15, 0.2) is 0 Å². The summed E-state index contributed by atoms with van der Waals surface area (Å²) in [7, 11) is 0. The SMILES string of the molecule is CCN1COC1. The highest BCUT2D eigenvalue weighted by molar-refractivity contribution is 4.47. The Labute approximate surface area is 37.7 Å². The molecule has 1 aliphatic heterocycles. The van der Waals surface area contributed by atoms with E-state index in [4.69, 9.17) is 4.74 Å². The third-order valence-corrected chi connectivity index (χ3v) is 0.995. The first-order chi connectivity index (χ1) is 2.93. The monoisotopic (exact) mass is 87.1 g/mol. The van der Waals surface area contributed by atoms with Gasteiger partial charge in [-0.3, -0.25) is 4.90 Å². The van der Waals surface area contributed by atoms with Crippen LogP contribution in [0.5, 0.6) is 0 Å². The van der Waals surface area contributed by atoms with Crippen LogP contribution in [0.3, 0.4) is 0 Å². The molecule has 0 aromatic carbocycles. The lowest BCUT2D eigenvalue weighted by atomic mass is 10.6. The molecule has 0 aromatic rings. The molecule has 1 fully saturated rings. The summed E-state index contributed by atoms with van der Waals surface area (Å²) in [5, 5.41) is 0.